The minimum absolute atomic E-state index is 0.0863. The number of ether oxygens (including phenoxy) is 1. The molecule has 0 spiro atoms. The average Bonchev–Trinajstić information content (AvgIpc) is 3.18. The molecule has 2 aromatic carbocycles. The van der Waals surface area contributed by atoms with Gasteiger partial charge in [0.25, 0.3) is 0 Å². The highest BCUT2D eigenvalue weighted by molar-refractivity contribution is 5.89. The van der Waals surface area contributed by atoms with E-state index < -0.39 is 30.1 Å². The first kappa shape index (κ1) is 26.3. The number of nitrogens with one attached hydrogen (secondary N) is 2. The van der Waals surface area contributed by atoms with E-state index in [4.69, 9.17) is 4.74 Å². The van der Waals surface area contributed by atoms with E-state index in [1.54, 1.807) is 6.92 Å². The number of benzene rings is 2. The van der Waals surface area contributed by atoms with Gasteiger partial charge in [0.05, 0.1) is 0 Å². The number of rotatable bonds is 11. The Hall–Kier alpha value is -3.35. The summed E-state index contributed by atoms with van der Waals surface area (Å²) in [6.45, 7) is 7.79. The van der Waals surface area contributed by atoms with Gasteiger partial charge in [0.15, 0.2) is 0 Å². The number of carboxylic acid groups (broad SMARTS) is 1. The summed E-state index contributed by atoms with van der Waals surface area (Å²) in [4.78, 5) is 37.5. The Bertz CT molecular complexity index is 1010. The molecule has 0 bridgehead atoms. The van der Waals surface area contributed by atoms with Gasteiger partial charge < -0.3 is 20.5 Å². The molecule has 0 saturated carbocycles. The molecule has 1 aliphatic carbocycles. The maximum absolute atomic E-state index is 13.0. The molecule has 2 unspecified atom stereocenters. The third kappa shape index (κ3) is 6.21. The zero-order chi connectivity index (χ0) is 25.5. The fourth-order valence-corrected chi connectivity index (χ4v) is 4.52. The lowest BCUT2D eigenvalue weighted by molar-refractivity contribution is -0.143. The first-order valence-electron chi connectivity index (χ1n) is 12.4. The monoisotopic (exact) mass is 480 g/mol. The fourth-order valence-electron chi connectivity index (χ4n) is 4.52. The Morgan fingerprint density at radius 3 is 2.00 bits per heavy atom. The first-order chi connectivity index (χ1) is 16.8. The third-order valence-electron chi connectivity index (χ3n) is 7.06. The van der Waals surface area contributed by atoms with Crippen LogP contribution >= 0.6 is 0 Å². The van der Waals surface area contributed by atoms with Crippen LogP contribution in [0.3, 0.4) is 0 Å². The number of amides is 2. The molecule has 0 aromatic heterocycles. The third-order valence-corrected chi connectivity index (χ3v) is 7.06. The van der Waals surface area contributed by atoms with Crippen molar-refractivity contribution in [2.75, 3.05) is 6.61 Å². The fraction of sp³-hybridized carbons (Fsp3) is 0.464. The van der Waals surface area contributed by atoms with Crippen LogP contribution in [0.5, 0.6) is 0 Å². The minimum Gasteiger partial charge on any atom is -0.480 e. The van der Waals surface area contributed by atoms with E-state index in [9.17, 15) is 19.5 Å². The highest BCUT2D eigenvalue weighted by Crippen LogP contribution is 2.44. The van der Waals surface area contributed by atoms with Crippen molar-refractivity contribution in [1.29, 1.82) is 0 Å². The van der Waals surface area contributed by atoms with Crippen LogP contribution < -0.4 is 10.6 Å². The molecule has 4 atom stereocenters. The van der Waals surface area contributed by atoms with E-state index in [2.05, 4.69) is 22.8 Å². The van der Waals surface area contributed by atoms with E-state index in [0.29, 0.717) is 12.8 Å². The van der Waals surface area contributed by atoms with Gasteiger partial charge in [-0.25, -0.2) is 9.59 Å². The molecule has 35 heavy (non-hydrogen) atoms. The number of hydrogen-bond acceptors (Lipinski definition) is 4. The van der Waals surface area contributed by atoms with Crippen molar-refractivity contribution >= 4 is 18.0 Å². The summed E-state index contributed by atoms with van der Waals surface area (Å²) >= 11 is 0. The van der Waals surface area contributed by atoms with Crippen molar-refractivity contribution in [2.45, 2.75) is 65.0 Å². The van der Waals surface area contributed by atoms with Crippen LogP contribution in [0.25, 0.3) is 11.1 Å². The predicted octanol–water partition coefficient (Wildman–Crippen LogP) is 4.95. The van der Waals surface area contributed by atoms with Crippen LogP contribution in [0, 0.1) is 11.8 Å². The highest BCUT2D eigenvalue weighted by atomic mass is 16.5. The maximum atomic E-state index is 13.0. The molecule has 0 aliphatic heterocycles. The van der Waals surface area contributed by atoms with Crippen LogP contribution in [0.15, 0.2) is 48.5 Å². The summed E-state index contributed by atoms with van der Waals surface area (Å²) in [5, 5.41) is 14.9. The summed E-state index contributed by atoms with van der Waals surface area (Å²) in [6.07, 6.45) is 1.13. The van der Waals surface area contributed by atoms with Crippen molar-refractivity contribution in [3.8, 4) is 11.1 Å². The molecule has 0 saturated heterocycles. The van der Waals surface area contributed by atoms with Crippen LogP contribution in [0.1, 0.15) is 64.0 Å². The van der Waals surface area contributed by atoms with Crippen molar-refractivity contribution in [2.24, 2.45) is 11.8 Å². The lowest BCUT2D eigenvalue weighted by atomic mass is 9.96. The zero-order valence-electron chi connectivity index (χ0n) is 20.9. The van der Waals surface area contributed by atoms with E-state index in [0.717, 1.165) is 28.7 Å². The number of hydrogen-bond donors (Lipinski definition) is 3. The Labute approximate surface area is 207 Å². The Balaban J connectivity index is 1.69. The van der Waals surface area contributed by atoms with Gasteiger partial charge >= 0.3 is 12.1 Å². The van der Waals surface area contributed by atoms with Gasteiger partial charge in [0, 0.05) is 5.92 Å². The van der Waals surface area contributed by atoms with Crippen LogP contribution in [-0.2, 0) is 14.3 Å². The maximum Gasteiger partial charge on any atom is 0.407 e. The number of carbonyl (C=O) groups is 3. The molecule has 0 fully saturated rings. The molecule has 2 amide bonds. The summed E-state index contributed by atoms with van der Waals surface area (Å²) in [6, 6.07) is 14.3. The van der Waals surface area contributed by atoms with Gasteiger partial charge in [-0.3, -0.25) is 4.79 Å². The predicted molar refractivity (Wildman–Crippen MR) is 135 cm³/mol. The second-order valence-corrected chi connectivity index (χ2v) is 9.48. The van der Waals surface area contributed by atoms with E-state index in [1.165, 1.54) is 0 Å². The molecule has 7 nitrogen and oxygen atoms in total. The molecule has 1 aliphatic rings. The number of fused-ring (bicyclic) bond motifs is 3. The van der Waals surface area contributed by atoms with Crippen molar-refractivity contribution in [3.05, 3.63) is 59.7 Å². The summed E-state index contributed by atoms with van der Waals surface area (Å²) < 4.78 is 5.61. The van der Waals surface area contributed by atoms with Gasteiger partial charge in [-0.05, 0) is 40.5 Å². The van der Waals surface area contributed by atoms with Crippen molar-refractivity contribution < 1.29 is 24.2 Å². The van der Waals surface area contributed by atoms with Gasteiger partial charge in [-0.2, -0.15) is 0 Å². The van der Waals surface area contributed by atoms with Crippen molar-refractivity contribution in [1.82, 2.24) is 10.6 Å². The largest absolute Gasteiger partial charge is 0.480 e. The molecule has 3 N–H and O–H groups in total. The number of aliphatic carboxylic acids is 1. The Kier molecular flexibility index (Phi) is 8.90. The number of alkyl carbamates (subject to hydrolysis) is 1. The zero-order valence-corrected chi connectivity index (χ0v) is 20.9. The molecule has 0 heterocycles. The molecule has 188 valence electrons. The normalized spacial score (nSPS) is 15.8. The van der Waals surface area contributed by atoms with Gasteiger partial charge in [-0.1, -0.05) is 89.1 Å². The average molecular weight is 481 g/mol. The van der Waals surface area contributed by atoms with Gasteiger partial charge in [0.1, 0.15) is 18.7 Å². The topological polar surface area (TPSA) is 105 Å². The van der Waals surface area contributed by atoms with E-state index in [1.807, 2.05) is 57.2 Å². The molecule has 7 heteroatoms. The summed E-state index contributed by atoms with van der Waals surface area (Å²) in [5.41, 5.74) is 4.48. The molecule has 2 aromatic rings. The number of carbonyl (C=O) groups excluding carboxylic acids is 2. The number of carboxylic acids is 1. The first-order valence-corrected chi connectivity index (χ1v) is 12.4. The smallest absolute Gasteiger partial charge is 0.407 e. The Morgan fingerprint density at radius 1 is 0.914 bits per heavy atom. The summed E-state index contributed by atoms with van der Waals surface area (Å²) in [7, 11) is 0. The summed E-state index contributed by atoms with van der Waals surface area (Å²) in [5.74, 6) is -1.76. The van der Waals surface area contributed by atoms with Crippen LogP contribution in [-0.4, -0.2) is 41.8 Å². The second kappa shape index (κ2) is 11.9. The lowest BCUT2D eigenvalue weighted by Gasteiger charge is -2.25. The highest BCUT2D eigenvalue weighted by Gasteiger charge is 2.32. The SMILES string of the molecule is CCC(C)CC(NC(=O)OCC1c2ccccc2-c2ccccc21)C(=O)N[C@H](C(=O)O)[C@@H](C)CC. The van der Waals surface area contributed by atoms with Crippen LogP contribution in [0.4, 0.5) is 4.79 Å². The quantitative estimate of drug-likeness (QED) is 0.422. The standard InChI is InChI=1S/C28H36N2O5/c1-5-17(3)15-24(26(31)30-25(27(32)33)18(4)6-2)29-28(34)35-16-23-21-13-9-7-11-19(21)20-12-8-10-14-22(20)23/h7-14,17-18,23-25H,5-6,15-16H2,1-4H3,(H,29,34)(H,30,31)(H,32,33)/t17?,18-,24?,25-/m0/s1. The van der Waals surface area contributed by atoms with Gasteiger partial charge in [0.2, 0.25) is 5.91 Å². The van der Waals surface area contributed by atoms with E-state index >= 15 is 0 Å². The van der Waals surface area contributed by atoms with Gasteiger partial charge in [-0.15, -0.1) is 0 Å². The minimum atomic E-state index is -1.09. The van der Waals surface area contributed by atoms with Crippen molar-refractivity contribution in [3.63, 3.8) is 0 Å². The van der Waals surface area contributed by atoms with Crippen LogP contribution in [0.2, 0.25) is 0 Å². The van der Waals surface area contributed by atoms with E-state index in [-0.39, 0.29) is 24.4 Å². The molecular formula is C28H36N2O5. The molecule has 3 rings (SSSR count). The lowest BCUT2D eigenvalue weighted by Crippen LogP contribution is -2.54. The Morgan fingerprint density at radius 2 is 1.49 bits per heavy atom. The second-order valence-electron chi connectivity index (χ2n) is 9.48. The molecule has 0 radical (unpaired) electrons. The molecular weight excluding hydrogens is 444 g/mol.